The summed E-state index contributed by atoms with van der Waals surface area (Å²) >= 11 is 1.70. The van der Waals surface area contributed by atoms with Crippen LogP contribution >= 0.6 is 31.3 Å². The van der Waals surface area contributed by atoms with Crippen LogP contribution in [0.3, 0.4) is 0 Å². The van der Waals surface area contributed by atoms with Crippen LogP contribution in [-0.2, 0) is 121 Å². The molecule has 0 N–H and O–H groups in total. The molecule has 0 saturated carbocycles. The average molecular weight is 777 g/mol. The fourth-order valence-electron chi connectivity index (χ4n) is 0. The van der Waals surface area contributed by atoms with E-state index in [1.54, 1.807) is 21.0 Å². The van der Waals surface area contributed by atoms with E-state index in [-0.39, 0.29) is 78.6 Å². The molecule has 0 radical (unpaired) electrons. The first-order chi connectivity index (χ1) is 9.00. The number of phosphoric acid groups is 4. The Balaban J connectivity index is -0.0000000239. The molecule has 0 aliphatic heterocycles. The Bertz CT molecular complexity index is 312. The Hall–Kier alpha value is 3.63. The molecule has 145 valence electrons. The smallest absolute Gasteiger partial charge is 4.00 e. The third kappa shape index (κ3) is 1380. The maximum absolute atomic E-state index is 8.55. The van der Waals surface area contributed by atoms with Crippen LogP contribution in [0.1, 0.15) is 0 Å². The van der Waals surface area contributed by atoms with Crippen molar-refractivity contribution >= 4 is 31.3 Å². The summed E-state index contributed by atoms with van der Waals surface area (Å²) in [5, 5.41) is 0. The number of rotatable bonds is 0. The predicted molar refractivity (Wildman–Crippen MR) is 31.1 cm³/mol. The normalized spacial score (nSPS) is 9.68. The average Bonchev–Trinajstić information content (AvgIpc) is 1.92. The minimum atomic E-state index is -5.39. The second-order valence-corrected chi connectivity index (χ2v) is 5.37. The standard InChI is InChI=1S/Ag.4H3O4P.O.3Zr/c;4*1-5(2,3)4;;;;/h;4*(H3,1,2,3,4);;;;/q;;;;;;3*+4/p-12. The second-order valence-electron chi connectivity index (χ2n) is 1.79. The molecule has 0 heterocycles. The van der Waals surface area contributed by atoms with Crippen molar-refractivity contribution in [2.75, 3.05) is 0 Å². The fourth-order valence-corrected chi connectivity index (χ4v) is 0. The van der Waals surface area contributed by atoms with Gasteiger partial charge in [0.25, 0.3) is 0 Å². The van der Waals surface area contributed by atoms with Crippen LogP contribution in [0.25, 0.3) is 0 Å². The van der Waals surface area contributed by atoms with Gasteiger partial charge in [-0.2, -0.15) is 31.3 Å². The third-order valence-electron chi connectivity index (χ3n) is 0. The molecule has 0 bridgehead atoms. The molecule has 0 unspecified atom stereocenters. The van der Waals surface area contributed by atoms with Crippen LogP contribution in [0.4, 0.5) is 0 Å². The number of hydrogen-bond donors (Lipinski definition) is 0. The van der Waals surface area contributed by atoms with Gasteiger partial charge in [0.15, 0.2) is 0 Å². The zero-order valence-corrected chi connectivity index (χ0v) is 23.0. The molecule has 0 spiro atoms. The van der Waals surface area contributed by atoms with Crippen molar-refractivity contribution in [3.05, 3.63) is 0 Å². The van der Waals surface area contributed by atoms with Crippen LogP contribution in [0.15, 0.2) is 0 Å². The van der Waals surface area contributed by atoms with Crippen molar-refractivity contribution in [3.8, 4) is 0 Å². The third-order valence-corrected chi connectivity index (χ3v) is 0. The zero-order valence-electron chi connectivity index (χ0n) is 10.5. The van der Waals surface area contributed by atoms with Crippen molar-refractivity contribution in [1.82, 2.24) is 0 Å². The van der Waals surface area contributed by atoms with Gasteiger partial charge in [-0.1, -0.05) is 0 Å². The van der Waals surface area contributed by atoms with E-state index in [0.29, 0.717) is 0 Å². The Morgan fingerprint density at radius 3 is 0.360 bits per heavy atom. The van der Waals surface area contributed by atoms with Crippen LogP contribution < -0.4 is 58.7 Å². The van der Waals surface area contributed by atoms with Gasteiger partial charge in [-0.25, -0.2) is 0 Å². The Morgan fingerprint density at radius 2 is 0.360 bits per heavy atom. The van der Waals surface area contributed by atoms with Gasteiger partial charge in [-0.05, 0) is 0 Å². The summed E-state index contributed by atoms with van der Waals surface area (Å²) in [5.74, 6) is 0. The Morgan fingerprint density at radius 1 is 0.360 bits per heavy atom. The molecule has 0 amide bonds. The molecule has 0 aromatic rings. The summed E-state index contributed by atoms with van der Waals surface area (Å²) in [6.45, 7) is 0. The molecule has 25 heavy (non-hydrogen) atoms. The van der Waals surface area contributed by atoms with E-state index in [9.17, 15) is 0 Å². The summed E-state index contributed by atoms with van der Waals surface area (Å²) in [6, 6.07) is 0. The van der Waals surface area contributed by atoms with Gasteiger partial charge in [-0.15, -0.1) is 0 Å². The van der Waals surface area contributed by atoms with E-state index in [2.05, 4.69) is 0 Å². The van der Waals surface area contributed by atoms with E-state index in [4.69, 9.17) is 80.2 Å². The summed E-state index contributed by atoms with van der Waals surface area (Å²) in [4.78, 5) is 103. The van der Waals surface area contributed by atoms with Gasteiger partial charge in [0.05, 0.1) is 0 Å². The van der Waals surface area contributed by atoms with Gasteiger partial charge >= 0.3 is 103 Å². The molecule has 17 nitrogen and oxygen atoms in total. The van der Waals surface area contributed by atoms with Crippen molar-refractivity contribution in [3.63, 3.8) is 0 Å². The molecule has 0 fully saturated rings. The van der Waals surface area contributed by atoms with E-state index in [0.717, 1.165) is 0 Å². The second kappa shape index (κ2) is 25.7. The van der Waals surface area contributed by atoms with Crippen LogP contribution in [0.2, 0.25) is 0 Å². The molecule has 0 aromatic carbocycles. The SMILES string of the molecule is O=P([O-])([O-])[O-].O=P([O-])([O-])[O-].O=P([O-])([O-])[O-].O=P([O-])([O-])[O-].[O]=[Ag].[Zr+4].[Zr+4].[Zr+4]. The first-order valence-electron chi connectivity index (χ1n) is 3.04. The summed E-state index contributed by atoms with van der Waals surface area (Å²) < 4.78 is 42.3. The predicted octanol–water partition coefficient (Wildman–Crippen LogP) is -11.4. The van der Waals surface area contributed by atoms with Crippen molar-refractivity contribution in [2.24, 2.45) is 0 Å². The minimum Gasteiger partial charge on any atom is 4.00 e. The molecule has 0 aliphatic rings. The van der Waals surface area contributed by atoms with E-state index in [1.807, 2.05) is 0 Å². The molecule has 0 saturated heterocycles. The quantitative estimate of drug-likeness (QED) is 0.163. The first-order valence-corrected chi connectivity index (χ1v) is 9.49. The molecule has 0 aliphatic carbocycles. The first kappa shape index (κ1) is 51.4. The minimum absolute atomic E-state index is 0. The summed E-state index contributed by atoms with van der Waals surface area (Å²) in [6.07, 6.45) is 0. The molecule has 0 atom stereocenters. The van der Waals surface area contributed by atoms with Gasteiger partial charge in [0.1, 0.15) is 0 Å². The topological polar surface area (TPSA) is 362 Å². The molecule has 0 rings (SSSR count). The fraction of sp³-hybridized carbons (Fsp3) is 0. The van der Waals surface area contributed by atoms with Gasteiger partial charge < -0.3 is 77.0 Å². The maximum Gasteiger partial charge on any atom is 4.00 e. The largest absolute Gasteiger partial charge is 4.00 e. The molecular formula is AgO17P4Zr3. The van der Waals surface area contributed by atoms with E-state index in [1.165, 1.54) is 0 Å². The Labute approximate surface area is 208 Å². The summed E-state index contributed by atoms with van der Waals surface area (Å²) in [5.41, 5.74) is 0. The van der Waals surface area contributed by atoms with Crippen molar-refractivity contribution in [1.29, 1.82) is 0 Å². The van der Waals surface area contributed by atoms with Crippen LogP contribution in [0.5, 0.6) is 0 Å². The monoisotopic (exact) mass is 772 g/mol. The molecular weight excluding hydrogens is 777 g/mol. The maximum atomic E-state index is 8.55. The summed E-state index contributed by atoms with van der Waals surface area (Å²) in [7, 11) is -21.6. The number of hydrogen-bond acceptors (Lipinski definition) is 17. The Kier molecular flexibility index (Phi) is 52.7. The van der Waals surface area contributed by atoms with Gasteiger partial charge in [-0.3, -0.25) is 0 Å². The van der Waals surface area contributed by atoms with Gasteiger partial charge in [0, 0.05) is 0 Å². The molecule has 0 aromatic heterocycles. The van der Waals surface area contributed by atoms with E-state index < -0.39 is 31.3 Å². The van der Waals surface area contributed by atoms with Crippen molar-refractivity contribution in [2.45, 2.75) is 0 Å². The zero-order chi connectivity index (χ0) is 20.0. The van der Waals surface area contributed by atoms with Gasteiger partial charge in [0.2, 0.25) is 0 Å². The van der Waals surface area contributed by atoms with Crippen molar-refractivity contribution < 1.29 is 180 Å². The van der Waals surface area contributed by atoms with Crippen LogP contribution in [-0.4, -0.2) is 0 Å². The molecule has 25 heteroatoms. The van der Waals surface area contributed by atoms with E-state index >= 15 is 0 Å². The van der Waals surface area contributed by atoms with Crippen LogP contribution in [0, 0.1) is 0 Å².